The molecule has 1 unspecified atom stereocenters. The van der Waals surface area contributed by atoms with Crippen LogP contribution >= 0.6 is 0 Å². The fraction of sp³-hybridized carbons (Fsp3) is 0.692. The number of amides is 1. The van der Waals surface area contributed by atoms with E-state index >= 15 is 0 Å². The maximum atomic E-state index is 12.1. The number of piperidine rings is 1. The van der Waals surface area contributed by atoms with Gasteiger partial charge in [0.05, 0.1) is 11.7 Å². The molecule has 5 nitrogen and oxygen atoms in total. The number of nitrogens with one attached hydrogen (secondary N) is 2. The van der Waals surface area contributed by atoms with E-state index in [-0.39, 0.29) is 17.6 Å². The summed E-state index contributed by atoms with van der Waals surface area (Å²) in [6, 6.07) is -0.116. The predicted molar refractivity (Wildman–Crippen MR) is 70.3 cm³/mol. The molecule has 1 amide bonds. The molecular formula is C13H20N4O. The summed E-state index contributed by atoms with van der Waals surface area (Å²) in [4.78, 5) is 18.6. The van der Waals surface area contributed by atoms with Crippen molar-refractivity contribution in [2.45, 2.75) is 37.4 Å². The molecule has 18 heavy (non-hydrogen) atoms. The standard InChI is InChI=1S/C13H20N4O/c1-17-7-4-13(5-8-17)15-11(12(18)16-13)9-10-3-2-6-14-10/h3,6,11,15H,2,4-5,7-9H2,1H3,(H,16,18). The Kier molecular flexibility index (Phi) is 2.95. The average Bonchev–Trinajstić information content (AvgIpc) is 2.94. The van der Waals surface area contributed by atoms with Gasteiger partial charge in [0.2, 0.25) is 5.91 Å². The molecule has 0 aromatic rings. The second-order valence-electron chi connectivity index (χ2n) is 5.52. The molecule has 1 spiro atoms. The summed E-state index contributed by atoms with van der Waals surface area (Å²) in [7, 11) is 2.12. The zero-order valence-corrected chi connectivity index (χ0v) is 10.8. The smallest absolute Gasteiger partial charge is 0.239 e. The lowest BCUT2D eigenvalue weighted by atomic mass is 9.98. The van der Waals surface area contributed by atoms with E-state index in [4.69, 9.17) is 0 Å². The van der Waals surface area contributed by atoms with Crippen LogP contribution < -0.4 is 10.6 Å². The largest absolute Gasteiger partial charge is 0.337 e. The van der Waals surface area contributed by atoms with Crippen LogP contribution in [0.2, 0.25) is 0 Å². The number of nitrogens with zero attached hydrogens (tertiary/aromatic N) is 2. The molecule has 0 aromatic heterocycles. The highest BCUT2D eigenvalue weighted by atomic mass is 16.2. The van der Waals surface area contributed by atoms with Crippen LogP contribution in [0.15, 0.2) is 16.8 Å². The fourth-order valence-electron chi connectivity index (χ4n) is 2.93. The van der Waals surface area contributed by atoms with Crippen LogP contribution in [0.25, 0.3) is 0 Å². The number of rotatable bonds is 2. The molecule has 1 atom stereocenters. The SMILES string of the molecule is CN1CCC2(CC1)NC(=O)C(CC1=CCC=N1)N2. The van der Waals surface area contributed by atoms with Gasteiger partial charge in [0, 0.05) is 37.8 Å². The van der Waals surface area contributed by atoms with Crippen molar-refractivity contribution in [1.29, 1.82) is 0 Å². The molecule has 3 rings (SSSR count). The normalized spacial score (nSPS) is 30.8. The minimum Gasteiger partial charge on any atom is -0.337 e. The van der Waals surface area contributed by atoms with Crippen LogP contribution in [-0.4, -0.2) is 48.9 Å². The molecule has 2 fully saturated rings. The summed E-state index contributed by atoms with van der Waals surface area (Å²) in [6.07, 6.45) is 7.56. The molecular weight excluding hydrogens is 228 g/mol. The van der Waals surface area contributed by atoms with Crippen LogP contribution in [0.4, 0.5) is 0 Å². The molecule has 2 saturated heterocycles. The van der Waals surface area contributed by atoms with Crippen LogP contribution in [0, 0.1) is 0 Å². The lowest BCUT2D eigenvalue weighted by Crippen LogP contribution is -2.56. The van der Waals surface area contributed by atoms with Gasteiger partial charge in [0.25, 0.3) is 0 Å². The Morgan fingerprint density at radius 2 is 2.28 bits per heavy atom. The van der Waals surface area contributed by atoms with Crippen LogP contribution in [0.3, 0.4) is 0 Å². The van der Waals surface area contributed by atoms with Gasteiger partial charge in [-0.3, -0.25) is 15.1 Å². The van der Waals surface area contributed by atoms with Gasteiger partial charge in [-0.15, -0.1) is 0 Å². The molecule has 98 valence electrons. The summed E-state index contributed by atoms with van der Waals surface area (Å²) in [5.74, 6) is 0.127. The summed E-state index contributed by atoms with van der Waals surface area (Å²) in [5.41, 5.74) is 0.865. The van der Waals surface area contributed by atoms with Gasteiger partial charge < -0.3 is 10.2 Å². The topological polar surface area (TPSA) is 56.7 Å². The lowest BCUT2D eigenvalue weighted by molar-refractivity contribution is -0.121. The van der Waals surface area contributed by atoms with Gasteiger partial charge in [-0.1, -0.05) is 6.08 Å². The first-order chi connectivity index (χ1) is 8.67. The van der Waals surface area contributed by atoms with Gasteiger partial charge in [0.15, 0.2) is 0 Å². The minimum absolute atomic E-state index is 0.116. The number of likely N-dealkylation sites (tertiary alicyclic amines) is 1. The van der Waals surface area contributed by atoms with Crippen molar-refractivity contribution in [3.63, 3.8) is 0 Å². The van der Waals surface area contributed by atoms with Crippen molar-refractivity contribution in [2.75, 3.05) is 20.1 Å². The van der Waals surface area contributed by atoms with E-state index in [0.29, 0.717) is 6.42 Å². The lowest BCUT2D eigenvalue weighted by Gasteiger charge is -2.37. The third-order valence-corrected chi connectivity index (χ3v) is 4.10. The fourth-order valence-corrected chi connectivity index (χ4v) is 2.93. The first-order valence-corrected chi connectivity index (χ1v) is 6.67. The Bertz CT molecular complexity index is 407. The number of aliphatic imine (C=N–C) groups is 1. The Morgan fingerprint density at radius 3 is 2.94 bits per heavy atom. The third kappa shape index (κ3) is 2.20. The molecule has 3 heterocycles. The van der Waals surface area contributed by atoms with Crippen molar-refractivity contribution >= 4 is 12.1 Å². The van der Waals surface area contributed by atoms with E-state index in [0.717, 1.165) is 38.0 Å². The van der Waals surface area contributed by atoms with E-state index in [1.54, 1.807) is 0 Å². The average molecular weight is 248 g/mol. The van der Waals surface area contributed by atoms with Crippen molar-refractivity contribution in [3.8, 4) is 0 Å². The molecule has 3 aliphatic rings. The summed E-state index contributed by atoms with van der Waals surface area (Å²) >= 11 is 0. The van der Waals surface area contributed by atoms with Gasteiger partial charge in [0.1, 0.15) is 0 Å². The van der Waals surface area contributed by atoms with Crippen molar-refractivity contribution in [2.24, 2.45) is 4.99 Å². The number of hydrogen-bond acceptors (Lipinski definition) is 4. The van der Waals surface area contributed by atoms with Gasteiger partial charge >= 0.3 is 0 Å². The van der Waals surface area contributed by atoms with Crippen molar-refractivity contribution in [3.05, 3.63) is 11.8 Å². The minimum atomic E-state index is -0.170. The zero-order chi connectivity index (χ0) is 12.6. The van der Waals surface area contributed by atoms with Crippen LogP contribution in [0.5, 0.6) is 0 Å². The quantitative estimate of drug-likeness (QED) is 0.736. The van der Waals surface area contributed by atoms with Crippen molar-refractivity contribution < 1.29 is 4.79 Å². The van der Waals surface area contributed by atoms with Gasteiger partial charge in [-0.05, 0) is 19.9 Å². The number of hydrogen-bond donors (Lipinski definition) is 2. The van der Waals surface area contributed by atoms with Crippen molar-refractivity contribution in [1.82, 2.24) is 15.5 Å². The second-order valence-corrected chi connectivity index (χ2v) is 5.52. The zero-order valence-electron chi connectivity index (χ0n) is 10.8. The molecule has 0 aromatic carbocycles. The van der Waals surface area contributed by atoms with Crippen LogP contribution in [0.1, 0.15) is 25.7 Å². The first kappa shape index (κ1) is 11.9. The first-order valence-electron chi connectivity index (χ1n) is 6.67. The van der Waals surface area contributed by atoms with E-state index in [9.17, 15) is 4.79 Å². The maximum absolute atomic E-state index is 12.1. The molecule has 0 saturated carbocycles. The van der Waals surface area contributed by atoms with E-state index in [1.807, 2.05) is 6.21 Å². The molecule has 0 bridgehead atoms. The highest BCUT2D eigenvalue weighted by Gasteiger charge is 2.44. The highest BCUT2D eigenvalue weighted by Crippen LogP contribution is 2.26. The summed E-state index contributed by atoms with van der Waals surface area (Å²) in [6.45, 7) is 2.06. The number of allylic oxidation sites excluding steroid dienone is 1. The van der Waals surface area contributed by atoms with Gasteiger partial charge in [-0.25, -0.2) is 0 Å². The molecule has 0 radical (unpaired) electrons. The predicted octanol–water partition coefficient (Wildman–Crippen LogP) is 0.245. The van der Waals surface area contributed by atoms with E-state index in [2.05, 4.69) is 33.6 Å². The monoisotopic (exact) mass is 248 g/mol. The third-order valence-electron chi connectivity index (χ3n) is 4.10. The Labute approximate surface area is 107 Å². The van der Waals surface area contributed by atoms with Gasteiger partial charge in [-0.2, -0.15) is 0 Å². The Balaban J connectivity index is 1.64. The van der Waals surface area contributed by atoms with Crippen LogP contribution in [-0.2, 0) is 4.79 Å². The van der Waals surface area contributed by atoms with E-state index in [1.165, 1.54) is 0 Å². The maximum Gasteiger partial charge on any atom is 0.239 e. The second kappa shape index (κ2) is 4.48. The molecule has 3 aliphatic heterocycles. The van der Waals surface area contributed by atoms with E-state index < -0.39 is 0 Å². The molecule has 5 heteroatoms. The summed E-state index contributed by atoms with van der Waals surface area (Å²) < 4.78 is 0. The Morgan fingerprint density at radius 1 is 1.50 bits per heavy atom. The molecule has 0 aliphatic carbocycles. The summed E-state index contributed by atoms with van der Waals surface area (Å²) in [5, 5.41) is 6.66. The Hall–Kier alpha value is -1.20. The number of carbonyl (C=O) groups is 1. The number of carbonyl (C=O) groups excluding carboxylic acids is 1. The molecule has 2 N–H and O–H groups in total. The highest BCUT2D eigenvalue weighted by molar-refractivity contribution is 5.85.